The molecule has 0 fully saturated rings. The van der Waals surface area contributed by atoms with Crippen LogP contribution in [0.15, 0.2) is 29.6 Å². The van der Waals surface area contributed by atoms with Crippen LogP contribution in [0.1, 0.15) is 40.9 Å². The number of carbonyl (C=O) groups is 1. The SMILES string of the molecule is CCc1ccc(CC)c(C(=O)c2csc(I)c2)c1. The molecule has 1 nitrogen and oxygen atoms in total. The molecule has 0 unspecified atom stereocenters. The molecule has 3 heteroatoms. The molecule has 1 aromatic carbocycles. The Bertz CT molecular complexity index is 572. The van der Waals surface area contributed by atoms with E-state index in [1.165, 1.54) is 5.56 Å². The largest absolute Gasteiger partial charge is 0.289 e. The van der Waals surface area contributed by atoms with Gasteiger partial charge in [0.2, 0.25) is 0 Å². The van der Waals surface area contributed by atoms with E-state index in [0.717, 1.165) is 32.4 Å². The van der Waals surface area contributed by atoms with Crippen molar-refractivity contribution in [2.75, 3.05) is 0 Å². The molecular formula is C15H15IOS. The monoisotopic (exact) mass is 370 g/mol. The van der Waals surface area contributed by atoms with Gasteiger partial charge in [0.25, 0.3) is 0 Å². The molecule has 2 rings (SSSR count). The smallest absolute Gasteiger partial charge is 0.194 e. The fourth-order valence-electron chi connectivity index (χ4n) is 1.95. The van der Waals surface area contributed by atoms with Crippen LogP contribution in [0.3, 0.4) is 0 Å². The maximum atomic E-state index is 12.5. The molecule has 0 aliphatic carbocycles. The number of hydrogen-bond donors (Lipinski definition) is 0. The lowest BCUT2D eigenvalue weighted by Gasteiger charge is -2.08. The Morgan fingerprint density at radius 2 is 2.00 bits per heavy atom. The number of carbonyl (C=O) groups excluding carboxylic acids is 1. The molecule has 0 saturated heterocycles. The van der Waals surface area contributed by atoms with Crippen LogP contribution in [0.4, 0.5) is 0 Å². The fraction of sp³-hybridized carbons (Fsp3) is 0.267. The van der Waals surface area contributed by atoms with Gasteiger partial charge in [-0.2, -0.15) is 0 Å². The van der Waals surface area contributed by atoms with Gasteiger partial charge in [0, 0.05) is 16.5 Å². The van der Waals surface area contributed by atoms with Crippen molar-refractivity contribution in [2.24, 2.45) is 0 Å². The van der Waals surface area contributed by atoms with Gasteiger partial charge in [0.15, 0.2) is 5.78 Å². The quantitative estimate of drug-likeness (QED) is 0.563. The lowest BCUT2D eigenvalue weighted by molar-refractivity contribution is 0.103. The number of benzene rings is 1. The van der Waals surface area contributed by atoms with Crippen molar-refractivity contribution in [3.8, 4) is 0 Å². The molecule has 0 spiro atoms. The summed E-state index contributed by atoms with van der Waals surface area (Å²) in [6, 6.07) is 8.22. The number of thiophene rings is 1. The minimum atomic E-state index is 0.154. The first kappa shape index (κ1) is 13.7. The van der Waals surface area contributed by atoms with Crippen molar-refractivity contribution in [2.45, 2.75) is 26.7 Å². The Hall–Kier alpha value is -0.680. The third-order valence-corrected chi connectivity index (χ3v) is 4.83. The van der Waals surface area contributed by atoms with Crippen LogP contribution in [-0.4, -0.2) is 5.78 Å². The Morgan fingerprint density at radius 3 is 2.56 bits per heavy atom. The van der Waals surface area contributed by atoms with E-state index >= 15 is 0 Å². The normalized spacial score (nSPS) is 10.6. The molecule has 0 radical (unpaired) electrons. The van der Waals surface area contributed by atoms with E-state index in [0.29, 0.717) is 0 Å². The minimum Gasteiger partial charge on any atom is -0.289 e. The maximum absolute atomic E-state index is 12.5. The van der Waals surface area contributed by atoms with Crippen molar-refractivity contribution >= 4 is 39.7 Å². The highest BCUT2D eigenvalue weighted by Crippen LogP contribution is 2.22. The Labute approximate surface area is 125 Å². The zero-order valence-corrected chi connectivity index (χ0v) is 13.5. The van der Waals surface area contributed by atoms with Crippen LogP contribution >= 0.6 is 33.9 Å². The first-order valence-electron chi connectivity index (χ1n) is 6.06. The molecule has 0 atom stereocenters. The molecule has 0 aliphatic rings. The van der Waals surface area contributed by atoms with E-state index < -0.39 is 0 Å². The first-order chi connectivity index (χ1) is 8.65. The Kier molecular flexibility index (Phi) is 4.56. The van der Waals surface area contributed by atoms with Crippen LogP contribution < -0.4 is 0 Å². The van der Waals surface area contributed by atoms with E-state index in [4.69, 9.17) is 0 Å². The summed E-state index contributed by atoms with van der Waals surface area (Å²) in [7, 11) is 0. The second-order valence-corrected chi connectivity index (χ2v) is 6.97. The van der Waals surface area contributed by atoms with E-state index in [9.17, 15) is 4.79 Å². The molecule has 1 heterocycles. The van der Waals surface area contributed by atoms with Crippen LogP contribution in [0.25, 0.3) is 0 Å². The first-order valence-corrected chi connectivity index (χ1v) is 8.02. The van der Waals surface area contributed by atoms with Gasteiger partial charge < -0.3 is 0 Å². The third-order valence-electron chi connectivity index (χ3n) is 3.04. The predicted octanol–water partition coefficient (Wildman–Crippen LogP) is 4.71. The summed E-state index contributed by atoms with van der Waals surface area (Å²) >= 11 is 3.87. The topological polar surface area (TPSA) is 17.1 Å². The van der Waals surface area contributed by atoms with E-state index in [1.807, 2.05) is 17.5 Å². The summed E-state index contributed by atoms with van der Waals surface area (Å²) in [5, 5.41) is 1.95. The summed E-state index contributed by atoms with van der Waals surface area (Å²) < 4.78 is 1.15. The third kappa shape index (κ3) is 2.83. The fourth-order valence-corrected chi connectivity index (χ4v) is 3.27. The summed E-state index contributed by atoms with van der Waals surface area (Å²) in [4.78, 5) is 12.5. The second kappa shape index (κ2) is 5.97. The Balaban J connectivity index is 2.45. The molecule has 0 bridgehead atoms. The van der Waals surface area contributed by atoms with E-state index in [-0.39, 0.29) is 5.78 Å². The van der Waals surface area contributed by atoms with Crippen molar-refractivity contribution in [1.82, 2.24) is 0 Å². The van der Waals surface area contributed by atoms with Gasteiger partial charge in [0.1, 0.15) is 0 Å². The van der Waals surface area contributed by atoms with Crippen LogP contribution in [0.2, 0.25) is 0 Å². The van der Waals surface area contributed by atoms with E-state index in [2.05, 4.69) is 48.6 Å². The van der Waals surface area contributed by atoms with Crippen molar-refractivity contribution in [1.29, 1.82) is 0 Å². The average molecular weight is 370 g/mol. The molecule has 18 heavy (non-hydrogen) atoms. The Morgan fingerprint density at radius 1 is 1.22 bits per heavy atom. The number of aryl methyl sites for hydroxylation is 2. The van der Waals surface area contributed by atoms with Gasteiger partial charge in [-0.1, -0.05) is 26.0 Å². The number of hydrogen-bond acceptors (Lipinski definition) is 2. The summed E-state index contributed by atoms with van der Waals surface area (Å²) in [6.07, 6.45) is 1.86. The van der Waals surface area contributed by atoms with Gasteiger partial charge in [-0.3, -0.25) is 4.79 Å². The number of ketones is 1. The average Bonchev–Trinajstić information content (AvgIpc) is 2.83. The lowest BCUT2D eigenvalue weighted by atomic mass is 9.95. The summed E-state index contributed by atoms with van der Waals surface area (Å²) in [5.41, 5.74) is 4.04. The van der Waals surface area contributed by atoms with Crippen molar-refractivity contribution in [3.63, 3.8) is 0 Å². The van der Waals surface area contributed by atoms with Crippen molar-refractivity contribution in [3.05, 3.63) is 54.8 Å². The molecule has 94 valence electrons. The van der Waals surface area contributed by atoms with Crippen LogP contribution in [0.5, 0.6) is 0 Å². The molecule has 2 aromatic rings. The minimum absolute atomic E-state index is 0.154. The zero-order valence-electron chi connectivity index (χ0n) is 10.5. The van der Waals surface area contributed by atoms with Crippen LogP contribution in [0, 0.1) is 2.88 Å². The molecule has 0 saturated carbocycles. The van der Waals surface area contributed by atoms with Gasteiger partial charge in [0.05, 0.1) is 2.88 Å². The molecular weight excluding hydrogens is 355 g/mol. The van der Waals surface area contributed by atoms with Gasteiger partial charge in [-0.25, -0.2) is 0 Å². The lowest BCUT2D eigenvalue weighted by Crippen LogP contribution is -2.05. The van der Waals surface area contributed by atoms with Gasteiger partial charge in [-0.05, 0) is 58.7 Å². The molecule has 1 aromatic heterocycles. The highest BCUT2D eigenvalue weighted by molar-refractivity contribution is 14.1. The predicted molar refractivity (Wildman–Crippen MR) is 85.7 cm³/mol. The number of rotatable bonds is 4. The van der Waals surface area contributed by atoms with Gasteiger partial charge >= 0.3 is 0 Å². The molecule has 0 amide bonds. The zero-order chi connectivity index (χ0) is 13.1. The maximum Gasteiger partial charge on any atom is 0.194 e. The van der Waals surface area contributed by atoms with Crippen LogP contribution in [-0.2, 0) is 12.8 Å². The van der Waals surface area contributed by atoms with Crippen molar-refractivity contribution < 1.29 is 4.79 Å². The number of halogens is 1. The van der Waals surface area contributed by atoms with E-state index in [1.54, 1.807) is 11.3 Å². The molecule has 0 aliphatic heterocycles. The highest BCUT2D eigenvalue weighted by Gasteiger charge is 2.14. The standard InChI is InChI=1S/C15H15IOS/c1-3-10-5-6-11(4-2)13(7-10)15(17)12-8-14(16)18-9-12/h5-9H,3-4H2,1-2H3. The molecule has 0 N–H and O–H groups in total. The highest BCUT2D eigenvalue weighted by atomic mass is 127. The summed E-state index contributed by atoms with van der Waals surface area (Å²) in [6.45, 7) is 4.21. The second-order valence-electron chi connectivity index (χ2n) is 4.17. The summed E-state index contributed by atoms with van der Waals surface area (Å²) in [5.74, 6) is 0.154. The van der Waals surface area contributed by atoms with Gasteiger partial charge in [-0.15, -0.1) is 11.3 Å².